The number of thiol groups is 1. The Kier molecular flexibility index (Phi) is 11.8. The number of carbonyl (C=O) groups excluding carboxylic acids is 3. The molecule has 0 radical (unpaired) electrons. The van der Waals surface area contributed by atoms with Crippen LogP contribution < -0.4 is 10.6 Å². The molecule has 35 heavy (non-hydrogen) atoms. The molecule has 3 amide bonds. The molecule has 0 aromatic heterocycles. The van der Waals surface area contributed by atoms with Crippen molar-refractivity contribution in [1.29, 1.82) is 0 Å². The molecular formula is C27H43N3O4S. The van der Waals surface area contributed by atoms with Gasteiger partial charge in [-0.2, -0.15) is 12.6 Å². The van der Waals surface area contributed by atoms with Crippen LogP contribution in [0.1, 0.15) is 84.9 Å². The first-order chi connectivity index (χ1) is 16.2. The number of alkyl carbamates (subject to hydrolysis) is 1. The van der Waals surface area contributed by atoms with E-state index in [1.165, 1.54) is 0 Å². The van der Waals surface area contributed by atoms with Crippen LogP contribution in [0.2, 0.25) is 0 Å². The van der Waals surface area contributed by atoms with E-state index in [0.717, 1.165) is 18.4 Å². The van der Waals surface area contributed by atoms with Gasteiger partial charge < -0.3 is 20.3 Å². The Morgan fingerprint density at radius 2 is 1.80 bits per heavy atom. The molecule has 0 aliphatic rings. The van der Waals surface area contributed by atoms with Gasteiger partial charge in [0, 0.05) is 17.8 Å². The zero-order chi connectivity index (χ0) is 26.8. The molecule has 0 bridgehead atoms. The van der Waals surface area contributed by atoms with E-state index in [1.54, 1.807) is 31.7 Å². The van der Waals surface area contributed by atoms with Gasteiger partial charge in [-0.3, -0.25) is 9.59 Å². The van der Waals surface area contributed by atoms with Crippen LogP contribution in [-0.2, 0) is 14.3 Å². The monoisotopic (exact) mass is 505 g/mol. The lowest BCUT2D eigenvalue weighted by Crippen LogP contribution is -2.55. The average molecular weight is 506 g/mol. The maximum Gasteiger partial charge on any atom is 0.408 e. The van der Waals surface area contributed by atoms with E-state index in [-0.39, 0.29) is 17.6 Å². The molecule has 0 saturated carbocycles. The quantitative estimate of drug-likeness (QED) is 0.287. The predicted molar refractivity (Wildman–Crippen MR) is 145 cm³/mol. The lowest BCUT2D eigenvalue weighted by Gasteiger charge is -2.36. The molecule has 1 rings (SSSR count). The number of benzene rings is 1. The van der Waals surface area contributed by atoms with E-state index in [2.05, 4.69) is 36.8 Å². The summed E-state index contributed by atoms with van der Waals surface area (Å²) in [5.74, 6) is -0.623. The van der Waals surface area contributed by atoms with Gasteiger partial charge in [0.25, 0.3) is 0 Å². The Morgan fingerprint density at radius 3 is 2.31 bits per heavy atom. The van der Waals surface area contributed by atoms with Crippen LogP contribution in [-0.4, -0.2) is 52.3 Å². The fraction of sp³-hybridized carbons (Fsp3) is 0.593. The lowest BCUT2D eigenvalue weighted by molar-refractivity contribution is -0.142. The fourth-order valence-electron chi connectivity index (χ4n) is 3.50. The molecule has 0 fully saturated rings. The summed E-state index contributed by atoms with van der Waals surface area (Å²) in [7, 11) is 0. The van der Waals surface area contributed by atoms with Crippen molar-refractivity contribution in [3.8, 4) is 0 Å². The number of amides is 3. The molecule has 2 N–H and O–H groups in total. The maximum absolute atomic E-state index is 13.8. The Balaban J connectivity index is 3.46. The molecule has 2 atom stereocenters. The van der Waals surface area contributed by atoms with Crippen molar-refractivity contribution in [3.63, 3.8) is 0 Å². The van der Waals surface area contributed by atoms with Gasteiger partial charge in [0.2, 0.25) is 11.8 Å². The number of nitrogens with one attached hydrogen (secondary N) is 2. The number of ether oxygens (including phenoxy) is 1. The van der Waals surface area contributed by atoms with Crippen molar-refractivity contribution in [2.75, 3.05) is 12.3 Å². The van der Waals surface area contributed by atoms with Crippen LogP contribution >= 0.6 is 12.6 Å². The number of nitrogens with zero attached hydrogens (tertiary/aromatic N) is 1. The molecule has 0 aliphatic carbocycles. The molecule has 0 heterocycles. The zero-order valence-corrected chi connectivity index (χ0v) is 23.2. The van der Waals surface area contributed by atoms with E-state index in [0.29, 0.717) is 18.5 Å². The van der Waals surface area contributed by atoms with E-state index in [1.807, 2.05) is 45.0 Å². The summed E-state index contributed by atoms with van der Waals surface area (Å²) in [6.45, 7) is 17.2. The van der Waals surface area contributed by atoms with Gasteiger partial charge in [-0.15, -0.1) is 0 Å². The third kappa shape index (κ3) is 10.8. The zero-order valence-electron chi connectivity index (χ0n) is 22.3. The third-order valence-corrected chi connectivity index (χ3v) is 5.34. The van der Waals surface area contributed by atoms with Crippen LogP contribution in [0.5, 0.6) is 0 Å². The third-order valence-electron chi connectivity index (χ3n) is 4.98. The second kappa shape index (κ2) is 13.6. The molecule has 0 aliphatic heterocycles. The first-order valence-corrected chi connectivity index (χ1v) is 12.8. The number of unbranched alkanes of at least 4 members (excludes halogenated alkanes) is 2. The highest BCUT2D eigenvalue weighted by Gasteiger charge is 2.36. The topological polar surface area (TPSA) is 87.7 Å². The van der Waals surface area contributed by atoms with Crippen LogP contribution in [0, 0.1) is 0 Å². The van der Waals surface area contributed by atoms with Gasteiger partial charge >= 0.3 is 6.09 Å². The molecule has 7 nitrogen and oxygen atoms in total. The van der Waals surface area contributed by atoms with Crippen LogP contribution in [0.15, 0.2) is 30.8 Å². The molecule has 1 aromatic carbocycles. The van der Waals surface area contributed by atoms with E-state index >= 15 is 0 Å². The van der Waals surface area contributed by atoms with Crippen molar-refractivity contribution >= 4 is 36.6 Å². The summed E-state index contributed by atoms with van der Waals surface area (Å²) < 4.78 is 5.34. The molecule has 0 spiro atoms. The largest absolute Gasteiger partial charge is 0.444 e. The van der Waals surface area contributed by atoms with Crippen molar-refractivity contribution in [3.05, 3.63) is 42.0 Å². The van der Waals surface area contributed by atoms with Crippen molar-refractivity contribution < 1.29 is 19.1 Å². The fourth-order valence-corrected chi connectivity index (χ4v) is 3.75. The minimum absolute atomic E-state index is 0.0582. The number of hydrogen-bond acceptors (Lipinski definition) is 5. The van der Waals surface area contributed by atoms with Crippen LogP contribution in [0.25, 0.3) is 6.08 Å². The first-order valence-electron chi connectivity index (χ1n) is 12.2. The van der Waals surface area contributed by atoms with Crippen molar-refractivity contribution in [2.24, 2.45) is 0 Å². The second-order valence-electron chi connectivity index (χ2n) is 10.6. The molecule has 2 unspecified atom stereocenters. The highest BCUT2D eigenvalue weighted by molar-refractivity contribution is 7.80. The van der Waals surface area contributed by atoms with E-state index in [9.17, 15) is 14.4 Å². The summed E-state index contributed by atoms with van der Waals surface area (Å²) in [5.41, 5.74) is 0.301. The Bertz CT molecular complexity index is 874. The molecule has 1 aromatic rings. The summed E-state index contributed by atoms with van der Waals surface area (Å²) >= 11 is 4.32. The SMILES string of the molecule is C=Cc1cccc(C(C(=O)NC(C)(C)C)N(CCCCC)C(=O)C(CS)NC(=O)OC(C)(C)C)c1. The smallest absolute Gasteiger partial charge is 0.408 e. The lowest BCUT2D eigenvalue weighted by atomic mass is 9.98. The number of rotatable bonds is 11. The molecule has 8 heteroatoms. The van der Waals surface area contributed by atoms with Gasteiger partial charge in [0.15, 0.2) is 0 Å². The summed E-state index contributed by atoms with van der Waals surface area (Å²) in [6.07, 6.45) is 3.57. The van der Waals surface area contributed by atoms with Gasteiger partial charge in [-0.1, -0.05) is 50.6 Å². The minimum atomic E-state index is -0.956. The highest BCUT2D eigenvalue weighted by Crippen LogP contribution is 2.26. The summed E-state index contributed by atoms with van der Waals surface area (Å²) in [5, 5.41) is 5.65. The Hall–Kier alpha value is -2.48. The average Bonchev–Trinajstić information content (AvgIpc) is 2.74. The van der Waals surface area contributed by atoms with E-state index < -0.39 is 29.3 Å². The van der Waals surface area contributed by atoms with Gasteiger partial charge in [-0.25, -0.2) is 4.79 Å². The second-order valence-corrected chi connectivity index (χ2v) is 11.0. The minimum Gasteiger partial charge on any atom is -0.444 e. The van der Waals surface area contributed by atoms with Gasteiger partial charge in [0.05, 0.1) is 0 Å². The van der Waals surface area contributed by atoms with Crippen LogP contribution in [0.4, 0.5) is 4.79 Å². The normalized spacial score (nSPS) is 13.4. The molecule has 196 valence electrons. The standard InChI is InChI=1S/C27H43N3O4S/c1-9-11-12-16-30(24(32)21(18-35)28-25(33)34-27(6,7)8)22(23(31)29-26(3,4)5)20-15-13-14-19(10-2)17-20/h10,13-15,17,21-22,35H,2,9,11-12,16,18H2,1,3-8H3,(H,28,33)(H,29,31). The maximum atomic E-state index is 13.8. The highest BCUT2D eigenvalue weighted by atomic mass is 32.1. The Labute approximate surface area is 216 Å². The first kappa shape index (κ1) is 30.6. The van der Waals surface area contributed by atoms with Crippen molar-refractivity contribution in [1.82, 2.24) is 15.5 Å². The van der Waals surface area contributed by atoms with Crippen molar-refractivity contribution in [2.45, 2.75) is 91.0 Å². The van der Waals surface area contributed by atoms with Crippen LogP contribution in [0.3, 0.4) is 0 Å². The summed E-state index contributed by atoms with van der Waals surface area (Å²) in [4.78, 5) is 41.4. The van der Waals surface area contributed by atoms with Gasteiger partial charge in [-0.05, 0) is 65.2 Å². The predicted octanol–water partition coefficient (Wildman–Crippen LogP) is 5.13. The molecule has 0 saturated heterocycles. The summed E-state index contributed by atoms with van der Waals surface area (Å²) in [6, 6.07) is 5.57. The molecular weight excluding hydrogens is 462 g/mol. The number of hydrogen-bond donors (Lipinski definition) is 3. The Morgan fingerprint density at radius 1 is 1.14 bits per heavy atom. The number of carbonyl (C=O) groups is 3. The van der Waals surface area contributed by atoms with Gasteiger partial charge in [0.1, 0.15) is 17.7 Å². The van der Waals surface area contributed by atoms with E-state index in [4.69, 9.17) is 4.74 Å².